The van der Waals surface area contributed by atoms with Crippen molar-refractivity contribution in [3.8, 4) is 0 Å². The van der Waals surface area contributed by atoms with Crippen LogP contribution in [0.2, 0.25) is 0 Å². The van der Waals surface area contributed by atoms with E-state index >= 15 is 0 Å². The zero-order chi connectivity index (χ0) is 65.0. The van der Waals surface area contributed by atoms with Crippen molar-refractivity contribution in [1.29, 1.82) is 0 Å². The molecule has 0 aliphatic heterocycles. The van der Waals surface area contributed by atoms with E-state index in [1.807, 2.05) is 23.6 Å². The molecule has 2 unspecified atom stereocenters. The number of hydrogen-bond donors (Lipinski definition) is 4. The van der Waals surface area contributed by atoms with Crippen LogP contribution in [0.15, 0.2) is 133 Å². The molecule has 0 spiro atoms. The van der Waals surface area contributed by atoms with Crippen LogP contribution in [0.25, 0.3) is 0 Å². The number of hydrogen-bond acceptors (Lipinski definition) is 15. The summed E-state index contributed by atoms with van der Waals surface area (Å²) in [6, 6.07) is 37.8. The zero-order valence-corrected chi connectivity index (χ0v) is 54.2. The minimum Gasteiger partial charge on any atom is -0.463 e. The van der Waals surface area contributed by atoms with Crippen LogP contribution >= 0.6 is 14.3 Å². The van der Waals surface area contributed by atoms with Gasteiger partial charge >= 0.3 is 35.6 Å². The van der Waals surface area contributed by atoms with Crippen LogP contribution in [-0.2, 0) is 52.1 Å². The van der Waals surface area contributed by atoms with Gasteiger partial charge in [0.25, 0.3) is 0 Å². The van der Waals surface area contributed by atoms with Crippen molar-refractivity contribution in [2.24, 2.45) is 0 Å². The number of benzene rings is 6. The Kier molecular flexibility index (Phi) is 25.8. The van der Waals surface area contributed by atoms with Crippen molar-refractivity contribution >= 4 is 93.5 Å². The predicted molar refractivity (Wildman–Crippen MR) is 348 cm³/mol. The molecule has 472 valence electrons. The molecule has 21 heteroatoms. The Morgan fingerprint density at radius 2 is 0.798 bits per heavy atom. The fourth-order valence-corrected chi connectivity index (χ4v) is 15.7. The lowest BCUT2D eigenvalue weighted by Gasteiger charge is -2.23. The highest BCUT2D eigenvalue weighted by molar-refractivity contribution is 7.94. The van der Waals surface area contributed by atoms with Gasteiger partial charge in [-0.3, -0.25) is 38.4 Å². The van der Waals surface area contributed by atoms with Crippen molar-refractivity contribution in [2.45, 2.75) is 94.3 Å². The number of ether oxygens (including phenoxy) is 3. The number of aryl methyl sites for hydroxylation is 4. The molecule has 0 saturated carbocycles. The summed E-state index contributed by atoms with van der Waals surface area (Å²) in [5, 5.41) is 12.1. The van der Waals surface area contributed by atoms with Crippen LogP contribution in [0, 0.1) is 41.5 Å². The van der Waals surface area contributed by atoms with Crippen LogP contribution in [0.1, 0.15) is 94.6 Å². The summed E-state index contributed by atoms with van der Waals surface area (Å²) < 4.78 is 46.7. The van der Waals surface area contributed by atoms with E-state index in [2.05, 4.69) is 21.3 Å². The van der Waals surface area contributed by atoms with Gasteiger partial charge in [0.05, 0.1) is 25.6 Å². The molecule has 0 aliphatic rings. The molecule has 0 saturated heterocycles. The number of carbonyl (C=O) groups is 8. The Balaban J connectivity index is 0.870. The van der Waals surface area contributed by atoms with E-state index in [0.717, 1.165) is 0 Å². The minimum atomic E-state index is -3.87. The molecule has 4 N–H and O–H groups in total. The first-order valence-corrected chi connectivity index (χ1v) is 33.2. The number of nitrogens with one attached hydrogen (secondary N) is 4. The molecule has 4 amide bonds. The van der Waals surface area contributed by atoms with Crippen LogP contribution in [0.3, 0.4) is 0 Å². The van der Waals surface area contributed by atoms with E-state index in [1.54, 1.807) is 189 Å². The fourth-order valence-electron chi connectivity index (χ4n) is 10.5. The molecule has 2 atom stereocenters. The number of amides is 4. The minimum absolute atomic E-state index is 0.0434. The Bertz CT molecular complexity index is 3520. The largest absolute Gasteiger partial charge is 0.463 e. The van der Waals surface area contributed by atoms with E-state index in [9.17, 15) is 47.5 Å². The second-order valence-electron chi connectivity index (χ2n) is 21.9. The maximum Gasteiger partial charge on any atom is 0.313 e. The van der Waals surface area contributed by atoms with Crippen molar-refractivity contribution in [2.75, 3.05) is 76.2 Å². The summed E-state index contributed by atoms with van der Waals surface area (Å²) >= 11 is 0. The number of likely N-dealkylation sites (N-methyl/N-ethyl adjacent to an activating group) is 2. The van der Waals surface area contributed by atoms with Gasteiger partial charge in [-0.2, -0.15) is 0 Å². The molecule has 0 radical (unpaired) electrons. The van der Waals surface area contributed by atoms with Gasteiger partial charge in [-0.1, -0.05) is 147 Å². The standard InChI is InChI=1S/C68H82N6O13P2/c1-11-73(39-35-69-63(77)65(79)71-61-47(5)41-45(3)59(51(61)9)67(81)88(83,53-25-17-13-18-26-53)54-27-19-14-20-28-54)37-33-57(75)86-43-49(7)85-44-50(8)87-58(76)34-38-74(12-2)40-36-70-64(78)66(80)72-62-48(6)42-46(4)60(52(62)10)68(82)89(84,55-29-21-15-22-30-55)56-31-23-16-24-32-56/h13-32,41-42,49-50H,11-12,33-40,43-44H2,1-10H3,(H,69,77)(H,70,78)(H,71,79)(H,72,80). The number of esters is 2. The smallest absolute Gasteiger partial charge is 0.313 e. The first kappa shape index (κ1) is 69.9. The normalized spacial score (nSPS) is 12.2. The third kappa shape index (κ3) is 18.0. The molecular weight excluding hydrogens is 1170 g/mol. The monoisotopic (exact) mass is 1250 g/mol. The highest BCUT2D eigenvalue weighted by atomic mass is 31.2. The highest BCUT2D eigenvalue weighted by Gasteiger charge is 2.40. The summed E-state index contributed by atoms with van der Waals surface area (Å²) in [7, 11) is -7.74. The zero-order valence-electron chi connectivity index (χ0n) is 52.4. The fraction of sp³-hybridized carbons (Fsp3) is 0.353. The topological polar surface area (TPSA) is 253 Å². The lowest BCUT2D eigenvalue weighted by Crippen LogP contribution is -2.41. The lowest BCUT2D eigenvalue weighted by atomic mass is 9.98. The first-order valence-electron chi connectivity index (χ1n) is 29.8. The summed E-state index contributed by atoms with van der Waals surface area (Å²) in [6.45, 7) is 20.1. The summed E-state index contributed by atoms with van der Waals surface area (Å²) in [5.41, 5.74) is 2.95. The number of carbonyl (C=O) groups excluding carboxylic acids is 8. The molecule has 0 bridgehead atoms. The molecule has 19 nitrogen and oxygen atoms in total. The third-order valence-corrected chi connectivity index (χ3v) is 21.0. The van der Waals surface area contributed by atoms with Gasteiger partial charge in [0.2, 0.25) is 25.3 Å². The second-order valence-corrected chi connectivity index (χ2v) is 27.2. The summed E-state index contributed by atoms with van der Waals surface area (Å²) in [4.78, 5) is 111. The number of anilines is 2. The molecule has 89 heavy (non-hydrogen) atoms. The molecule has 0 aliphatic carbocycles. The molecule has 0 fully saturated rings. The maximum absolute atomic E-state index is 15.0. The van der Waals surface area contributed by atoms with E-state index in [0.29, 0.717) is 93.9 Å². The molecule has 6 rings (SSSR count). The molecule has 6 aromatic carbocycles. The summed E-state index contributed by atoms with van der Waals surface area (Å²) in [5.74, 6) is -4.61. The maximum atomic E-state index is 15.0. The van der Waals surface area contributed by atoms with Gasteiger partial charge in [0.15, 0.2) is 0 Å². The Morgan fingerprint density at radius 3 is 1.15 bits per heavy atom. The van der Waals surface area contributed by atoms with Gasteiger partial charge in [-0.25, -0.2) is 0 Å². The third-order valence-electron chi connectivity index (χ3n) is 15.3. The SMILES string of the molecule is CCN(CCNC(=O)C(=O)Nc1c(C)cc(C)c(C(=O)P(=O)(c2ccccc2)c2ccccc2)c1C)CCC(=O)OCC(C)OCC(C)OC(=O)CCN(CC)CCNC(=O)C(=O)Nc1c(C)cc(C)c(C(=O)P(=O)(c2ccccc2)c2ccccc2)c1C. The van der Waals surface area contributed by atoms with Crippen LogP contribution in [0.4, 0.5) is 11.4 Å². The quantitative estimate of drug-likeness (QED) is 0.0190. The second kappa shape index (κ2) is 32.9. The Hall–Kier alpha value is -8.18. The van der Waals surface area contributed by atoms with Gasteiger partial charge in [0, 0.05) is 83.0 Å². The van der Waals surface area contributed by atoms with Gasteiger partial charge in [0.1, 0.15) is 12.7 Å². The first-order chi connectivity index (χ1) is 42.4. The lowest BCUT2D eigenvalue weighted by molar-refractivity contribution is -0.154. The number of nitrogens with zero attached hydrogens (tertiary/aromatic N) is 2. The average Bonchev–Trinajstić information content (AvgIpc) is 0.786. The van der Waals surface area contributed by atoms with E-state index in [1.165, 1.54) is 0 Å². The number of rotatable bonds is 30. The van der Waals surface area contributed by atoms with Crippen molar-refractivity contribution < 1.29 is 61.7 Å². The van der Waals surface area contributed by atoms with Gasteiger partial charge in [-0.05, 0) is 102 Å². The van der Waals surface area contributed by atoms with Crippen LogP contribution in [-0.4, -0.2) is 134 Å². The molecule has 0 heterocycles. The highest BCUT2D eigenvalue weighted by Crippen LogP contribution is 2.50. The molecular formula is C68H82N6O13P2. The van der Waals surface area contributed by atoms with E-state index < -0.39 is 73.1 Å². The van der Waals surface area contributed by atoms with Crippen molar-refractivity contribution in [3.05, 3.63) is 178 Å². The predicted octanol–water partition coefficient (Wildman–Crippen LogP) is 7.96. The molecule has 0 aromatic heterocycles. The molecule has 6 aromatic rings. The van der Waals surface area contributed by atoms with Gasteiger partial charge < -0.3 is 54.4 Å². The van der Waals surface area contributed by atoms with Crippen LogP contribution in [0.5, 0.6) is 0 Å². The van der Waals surface area contributed by atoms with E-state index in [-0.39, 0.29) is 61.6 Å². The van der Waals surface area contributed by atoms with Crippen molar-refractivity contribution in [3.63, 3.8) is 0 Å². The van der Waals surface area contributed by atoms with E-state index in [4.69, 9.17) is 14.2 Å². The Labute approximate surface area is 521 Å². The van der Waals surface area contributed by atoms with Crippen molar-refractivity contribution in [1.82, 2.24) is 20.4 Å². The Morgan fingerprint density at radius 1 is 0.449 bits per heavy atom. The average molecular weight is 1250 g/mol. The van der Waals surface area contributed by atoms with Crippen LogP contribution < -0.4 is 42.5 Å². The van der Waals surface area contributed by atoms with Gasteiger partial charge in [-0.15, -0.1) is 0 Å². The summed E-state index contributed by atoms with van der Waals surface area (Å²) in [6.07, 6.45) is -1.04.